The van der Waals surface area contributed by atoms with Crippen molar-refractivity contribution in [3.8, 4) is 0 Å². The molecule has 4 N–H and O–H groups in total. The summed E-state index contributed by atoms with van der Waals surface area (Å²) in [6, 6.07) is 0. The number of nitrogens with two attached hydrogens (primary N) is 1. The van der Waals surface area contributed by atoms with Crippen LogP contribution in [0.15, 0.2) is 12.7 Å². The van der Waals surface area contributed by atoms with Gasteiger partial charge in [0.05, 0.1) is 6.10 Å². The second kappa shape index (κ2) is 23.1. The quantitative estimate of drug-likeness (QED) is 0.239. The first-order chi connectivity index (χ1) is 12.1. The van der Waals surface area contributed by atoms with E-state index in [1.165, 1.54) is 51.4 Å². The van der Waals surface area contributed by atoms with E-state index in [1.807, 2.05) is 0 Å². The SMILES string of the molecule is C=CCN.CCCCCCC(O)CCCCCCCCCCC(=O)O. The minimum Gasteiger partial charge on any atom is -0.481 e. The summed E-state index contributed by atoms with van der Waals surface area (Å²) in [5.74, 6) is -0.678. The third-order valence-electron chi connectivity index (χ3n) is 4.24. The Balaban J connectivity index is 0. The van der Waals surface area contributed by atoms with E-state index in [-0.39, 0.29) is 6.10 Å². The van der Waals surface area contributed by atoms with E-state index >= 15 is 0 Å². The Morgan fingerprint density at radius 2 is 1.32 bits per heavy atom. The summed E-state index contributed by atoms with van der Waals surface area (Å²) in [5.41, 5.74) is 4.91. The van der Waals surface area contributed by atoms with Crippen molar-refractivity contribution >= 4 is 5.97 Å². The first-order valence-electron chi connectivity index (χ1n) is 10.3. The van der Waals surface area contributed by atoms with Crippen molar-refractivity contribution in [3.05, 3.63) is 12.7 Å². The van der Waals surface area contributed by atoms with Crippen LogP contribution in [0.2, 0.25) is 0 Å². The fraction of sp³-hybridized carbons (Fsp3) is 0.857. The number of hydrogen-bond donors (Lipinski definition) is 3. The largest absolute Gasteiger partial charge is 0.481 e. The standard InChI is InChI=1S/C18H36O3.C3H7N/c1-2-3-4-11-14-17(19)15-12-9-7-5-6-8-10-13-16-18(20)21;1-2-3-4/h17,19H,2-16H2,1H3,(H,20,21);2H,1,3-4H2. The van der Waals surface area contributed by atoms with Gasteiger partial charge in [-0.15, -0.1) is 6.58 Å². The lowest BCUT2D eigenvalue weighted by Gasteiger charge is -2.10. The summed E-state index contributed by atoms with van der Waals surface area (Å²) in [7, 11) is 0. The molecule has 0 aromatic carbocycles. The van der Waals surface area contributed by atoms with Crippen LogP contribution >= 0.6 is 0 Å². The van der Waals surface area contributed by atoms with Crippen LogP contribution in [0.3, 0.4) is 0 Å². The first kappa shape index (κ1) is 26.4. The van der Waals surface area contributed by atoms with Gasteiger partial charge in [0.15, 0.2) is 0 Å². The van der Waals surface area contributed by atoms with Crippen LogP contribution < -0.4 is 5.73 Å². The maximum absolute atomic E-state index is 10.3. The molecule has 1 unspecified atom stereocenters. The highest BCUT2D eigenvalue weighted by Crippen LogP contribution is 2.14. The molecule has 0 heterocycles. The number of carbonyl (C=O) groups is 1. The van der Waals surface area contributed by atoms with Crippen LogP contribution in [-0.2, 0) is 4.79 Å². The molecular formula is C21H43NO3. The van der Waals surface area contributed by atoms with Gasteiger partial charge in [-0.2, -0.15) is 0 Å². The number of carboxylic acids is 1. The lowest BCUT2D eigenvalue weighted by molar-refractivity contribution is -0.137. The molecule has 0 saturated carbocycles. The van der Waals surface area contributed by atoms with Crippen LogP contribution in [0, 0.1) is 0 Å². The van der Waals surface area contributed by atoms with Gasteiger partial charge >= 0.3 is 5.97 Å². The molecule has 0 fully saturated rings. The van der Waals surface area contributed by atoms with Crippen LogP contribution in [-0.4, -0.2) is 28.8 Å². The maximum atomic E-state index is 10.3. The van der Waals surface area contributed by atoms with Crippen molar-refractivity contribution in [2.45, 2.75) is 109 Å². The van der Waals surface area contributed by atoms with Crippen molar-refractivity contribution in [3.63, 3.8) is 0 Å². The van der Waals surface area contributed by atoms with Gasteiger partial charge in [0.1, 0.15) is 0 Å². The normalized spacial score (nSPS) is 11.5. The Morgan fingerprint density at radius 3 is 1.72 bits per heavy atom. The highest BCUT2D eigenvalue weighted by molar-refractivity contribution is 5.66. The molecule has 0 aliphatic heterocycles. The molecule has 0 amide bonds. The predicted molar refractivity (Wildman–Crippen MR) is 108 cm³/mol. The van der Waals surface area contributed by atoms with E-state index in [0.29, 0.717) is 13.0 Å². The summed E-state index contributed by atoms with van der Waals surface area (Å²) in [6.07, 6.45) is 17.9. The molecule has 0 spiro atoms. The summed E-state index contributed by atoms with van der Waals surface area (Å²) < 4.78 is 0. The fourth-order valence-corrected chi connectivity index (χ4v) is 2.67. The molecular weight excluding hydrogens is 314 g/mol. The minimum atomic E-state index is -0.678. The van der Waals surface area contributed by atoms with Crippen molar-refractivity contribution in [1.29, 1.82) is 0 Å². The first-order valence-corrected chi connectivity index (χ1v) is 10.3. The second-order valence-electron chi connectivity index (χ2n) is 6.79. The molecule has 0 aromatic rings. The molecule has 0 aromatic heterocycles. The molecule has 150 valence electrons. The molecule has 0 radical (unpaired) electrons. The second-order valence-corrected chi connectivity index (χ2v) is 6.79. The molecule has 1 atom stereocenters. The van der Waals surface area contributed by atoms with Gasteiger partial charge in [0, 0.05) is 13.0 Å². The summed E-state index contributed by atoms with van der Waals surface area (Å²) >= 11 is 0. The topological polar surface area (TPSA) is 83.5 Å². The van der Waals surface area contributed by atoms with Gasteiger partial charge in [-0.3, -0.25) is 4.79 Å². The zero-order valence-electron chi connectivity index (χ0n) is 16.6. The zero-order chi connectivity index (χ0) is 19.2. The number of unbranched alkanes of at least 4 members (excludes halogenated alkanes) is 10. The number of aliphatic carboxylic acids is 1. The Labute approximate surface area is 155 Å². The average Bonchev–Trinajstić information content (AvgIpc) is 2.60. The van der Waals surface area contributed by atoms with Crippen LogP contribution in [0.25, 0.3) is 0 Å². The third kappa shape index (κ3) is 28.2. The molecule has 0 aliphatic rings. The molecule has 0 bridgehead atoms. The van der Waals surface area contributed by atoms with Crippen LogP contribution in [0.1, 0.15) is 103 Å². The van der Waals surface area contributed by atoms with E-state index in [9.17, 15) is 9.90 Å². The highest BCUT2D eigenvalue weighted by Gasteiger charge is 2.03. The van der Waals surface area contributed by atoms with E-state index in [2.05, 4.69) is 13.5 Å². The summed E-state index contributed by atoms with van der Waals surface area (Å²) in [5, 5.41) is 18.4. The van der Waals surface area contributed by atoms with Crippen molar-refractivity contribution in [2.24, 2.45) is 5.73 Å². The van der Waals surface area contributed by atoms with Crippen molar-refractivity contribution in [2.75, 3.05) is 6.54 Å². The predicted octanol–water partition coefficient (Wildman–Crippen LogP) is 5.43. The average molecular weight is 358 g/mol. The van der Waals surface area contributed by atoms with E-state index in [1.54, 1.807) is 6.08 Å². The van der Waals surface area contributed by atoms with Crippen LogP contribution in [0.4, 0.5) is 0 Å². The van der Waals surface area contributed by atoms with E-state index in [0.717, 1.165) is 38.5 Å². The Hall–Kier alpha value is -0.870. The lowest BCUT2D eigenvalue weighted by Crippen LogP contribution is -2.05. The highest BCUT2D eigenvalue weighted by atomic mass is 16.4. The number of carboxylic acid groups (broad SMARTS) is 1. The van der Waals surface area contributed by atoms with E-state index < -0.39 is 5.97 Å². The van der Waals surface area contributed by atoms with Gasteiger partial charge in [0.2, 0.25) is 0 Å². The summed E-state index contributed by atoms with van der Waals surface area (Å²) in [6.45, 7) is 6.15. The van der Waals surface area contributed by atoms with Gasteiger partial charge in [-0.05, 0) is 19.3 Å². The zero-order valence-corrected chi connectivity index (χ0v) is 16.6. The van der Waals surface area contributed by atoms with Crippen molar-refractivity contribution in [1.82, 2.24) is 0 Å². The summed E-state index contributed by atoms with van der Waals surface area (Å²) in [4.78, 5) is 10.3. The number of aliphatic hydroxyl groups is 1. The van der Waals surface area contributed by atoms with E-state index in [4.69, 9.17) is 10.8 Å². The number of hydrogen-bond acceptors (Lipinski definition) is 3. The van der Waals surface area contributed by atoms with Crippen LogP contribution in [0.5, 0.6) is 0 Å². The number of rotatable bonds is 17. The molecule has 25 heavy (non-hydrogen) atoms. The van der Waals surface area contributed by atoms with Crippen molar-refractivity contribution < 1.29 is 15.0 Å². The maximum Gasteiger partial charge on any atom is 0.303 e. The lowest BCUT2D eigenvalue weighted by atomic mass is 10.0. The smallest absolute Gasteiger partial charge is 0.303 e. The third-order valence-corrected chi connectivity index (χ3v) is 4.24. The Morgan fingerprint density at radius 1 is 0.920 bits per heavy atom. The number of aliphatic hydroxyl groups excluding tert-OH is 1. The van der Waals surface area contributed by atoms with Gasteiger partial charge in [-0.1, -0.05) is 83.6 Å². The Kier molecular flexibility index (Phi) is 24.4. The molecule has 0 saturated heterocycles. The van der Waals surface area contributed by atoms with Gasteiger partial charge in [0.25, 0.3) is 0 Å². The fourth-order valence-electron chi connectivity index (χ4n) is 2.67. The minimum absolute atomic E-state index is 0.0853. The van der Waals surface area contributed by atoms with Gasteiger partial charge < -0.3 is 15.9 Å². The molecule has 4 heteroatoms. The molecule has 0 aliphatic carbocycles. The van der Waals surface area contributed by atoms with Gasteiger partial charge in [-0.25, -0.2) is 0 Å². The monoisotopic (exact) mass is 357 g/mol. The molecule has 4 nitrogen and oxygen atoms in total. The molecule has 0 rings (SSSR count). The Bertz CT molecular complexity index is 282.